The van der Waals surface area contributed by atoms with Crippen LogP contribution in [0.15, 0.2) is 18.2 Å². The van der Waals surface area contributed by atoms with Crippen LogP contribution in [0, 0.1) is 0 Å². The minimum atomic E-state index is -0.0186. The molecule has 7 nitrogen and oxygen atoms in total. The summed E-state index contributed by atoms with van der Waals surface area (Å²) in [5, 5.41) is 5.83. The van der Waals surface area contributed by atoms with E-state index >= 15 is 0 Å². The van der Waals surface area contributed by atoms with Crippen LogP contribution in [-0.4, -0.2) is 42.7 Å². The van der Waals surface area contributed by atoms with Crippen LogP contribution in [0.1, 0.15) is 6.42 Å². The molecular weight excluding hydrogens is 258 g/mol. The Balaban J connectivity index is 1.79. The Hall–Kier alpha value is -2.28. The van der Waals surface area contributed by atoms with E-state index in [4.69, 9.17) is 10.5 Å². The summed E-state index contributed by atoms with van der Waals surface area (Å²) < 4.78 is 4.85. The second-order valence-electron chi connectivity index (χ2n) is 4.38. The number of nitrogens with zero attached hydrogens (tertiary/aromatic N) is 1. The van der Waals surface area contributed by atoms with E-state index in [9.17, 15) is 4.79 Å². The number of ether oxygens (including phenoxy) is 1. The van der Waals surface area contributed by atoms with Gasteiger partial charge in [-0.15, -0.1) is 0 Å². The molecule has 1 aromatic heterocycles. The molecule has 0 spiro atoms. The maximum atomic E-state index is 11.5. The van der Waals surface area contributed by atoms with Crippen LogP contribution in [0.3, 0.4) is 0 Å². The van der Waals surface area contributed by atoms with Crippen molar-refractivity contribution in [2.75, 3.05) is 37.9 Å². The standard InChI is InChI=1S/C13H19N5O2/c1-20-7-6-15-12(19)4-5-16-13-17-10-3-2-9(14)8-11(10)18-13/h2-3,8H,4-7,14H2,1H3,(H,15,19)(H2,16,17,18). The Morgan fingerprint density at radius 3 is 3.10 bits per heavy atom. The third kappa shape index (κ3) is 3.86. The number of methoxy groups -OCH3 is 1. The van der Waals surface area contributed by atoms with Gasteiger partial charge in [0.2, 0.25) is 11.9 Å². The number of aromatic nitrogens is 2. The Bertz CT molecular complexity index is 581. The number of hydrogen-bond acceptors (Lipinski definition) is 5. The average molecular weight is 277 g/mol. The molecule has 20 heavy (non-hydrogen) atoms. The van der Waals surface area contributed by atoms with Crippen LogP contribution < -0.4 is 16.4 Å². The molecule has 2 aromatic rings. The molecule has 7 heteroatoms. The average Bonchev–Trinajstić information content (AvgIpc) is 2.81. The second-order valence-corrected chi connectivity index (χ2v) is 4.38. The van der Waals surface area contributed by atoms with Crippen LogP contribution in [0.2, 0.25) is 0 Å². The summed E-state index contributed by atoms with van der Waals surface area (Å²) in [6.07, 6.45) is 0.378. The molecule has 0 aliphatic carbocycles. The lowest BCUT2D eigenvalue weighted by atomic mass is 10.3. The van der Waals surface area contributed by atoms with Crippen molar-refractivity contribution in [3.05, 3.63) is 18.2 Å². The van der Waals surface area contributed by atoms with E-state index in [2.05, 4.69) is 20.6 Å². The Morgan fingerprint density at radius 1 is 1.45 bits per heavy atom. The van der Waals surface area contributed by atoms with E-state index in [0.717, 1.165) is 11.0 Å². The fourth-order valence-electron chi connectivity index (χ4n) is 1.79. The maximum Gasteiger partial charge on any atom is 0.221 e. The highest BCUT2D eigenvalue weighted by atomic mass is 16.5. The number of carbonyl (C=O) groups is 1. The van der Waals surface area contributed by atoms with Gasteiger partial charge in [-0.2, -0.15) is 0 Å². The lowest BCUT2D eigenvalue weighted by Gasteiger charge is -2.04. The fourth-order valence-corrected chi connectivity index (χ4v) is 1.79. The highest BCUT2D eigenvalue weighted by Crippen LogP contribution is 2.16. The molecule has 1 aromatic carbocycles. The molecule has 1 heterocycles. The van der Waals surface area contributed by atoms with E-state index in [1.165, 1.54) is 0 Å². The van der Waals surface area contributed by atoms with Crippen molar-refractivity contribution in [3.8, 4) is 0 Å². The number of rotatable bonds is 7. The number of anilines is 2. The predicted molar refractivity (Wildman–Crippen MR) is 78.5 cm³/mol. The van der Waals surface area contributed by atoms with Gasteiger partial charge >= 0.3 is 0 Å². The first-order valence-corrected chi connectivity index (χ1v) is 6.44. The summed E-state index contributed by atoms with van der Waals surface area (Å²) in [6.45, 7) is 1.55. The number of nitrogens with two attached hydrogens (primary N) is 1. The minimum absolute atomic E-state index is 0.0186. The lowest BCUT2D eigenvalue weighted by molar-refractivity contribution is -0.121. The third-order valence-corrected chi connectivity index (χ3v) is 2.78. The monoisotopic (exact) mass is 277 g/mol. The molecule has 0 aliphatic rings. The molecule has 108 valence electrons. The van der Waals surface area contributed by atoms with Crippen LogP contribution in [0.5, 0.6) is 0 Å². The van der Waals surface area contributed by atoms with E-state index in [0.29, 0.717) is 37.8 Å². The number of amides is 1. The van der Waals surface area contributed by atoms with Crippen molar-refractivity contribution in [3.63, 3.8) is 0 Å². The number of imidazole rings is 1. The number of carbonyl (C=O) groups excluding carboxylic acids is 1. The zero-order valence-electron chi connectivity index (χ0n) is 11.4. The molecule has 1 amide bonds. The highest BCUT2D eigenvalue weighted by Gasteiger charge is 2.04. The first-order chi connectivity index (χ1) is 9.69. The van der Waals surface area contributed by atoms with Crippen LogP contribution >= 0.6 is 0 Å². The van der Waals surface area contributed by atoms with Gasteiger partial charge in [-0.3, -0.25) is 4.79 Å². The Morgan fingerprint density at radius 2 is 2.30 bits per heavy atom. The summed E-state index contributed by atoms with van der Waals surface area (Å²) in [4.78, 5) is 18.9. The first kappa shape index (κ1) is 14.1. The minimum Gasteiger partial charge on any atom is -0.399 e. The van der Waals surface area contributed by atoms with Gasteiger partial charge in [0.15, 0.2) is 0 Å². The number of fused-ring (bicyclic) bond motifs is 1. The van der Waals surface area contributed by atoms with Gasteiger partial charge in [-0.05, 0) is 18.2 Å². The SMILES string of the molecule is COCCNC(=O)CCNc1nc2ccc(N)cc2[nH]1. The number of H-pyrrole nitrogens is 1. The third-order valence-electron chi connectivity index (χ3n) is 2.78. The second kappa shape index (κ2) is 6.76. The van der Waals surface area contributed by atoms with Crippen LogP contribution in [0.4, 0.5) is 11.6 Å². The van der Waals surface area contributed by atoms with E-state index in [1.807, 2.05) is 12.1 Å². The smallest absolute Gasteiger partial charge is 0.221 e. The predicted octanol–water partition coefficient (Wildman–Crippen LogP) is 0.710. The number of aromatic amines is 1. The van der Waals surface area contributed by atoms with Crippen molar-refractivity contribution >= 4 is 28.6 Å². The zero-order chi connectivity index (χ0) is 14.4. The highest BCUT2D eigenvalue weighted by molar-refractivity contribution is 5.81. The van der Waals surface area contributed by atoms with Gasteiger partial charge in [-0.25, -0.2) is 4.98 Å². The Kier molecular flexibility index (Phi) is 4.78. The molecule has 0 bridgehead atoms. The molecule has 0 radical (unpaired) electrons. The van der Waals surface area contributed by atoms with Gasteiger partial charge in [-0.1, -0.05) is 0 Å². The first-order valence-electron chi connectivity index (χ1n) is 6.44. The van der Waals surface area contributed by atoms with Gasteiger partial charge in [0.05, 0.1) is 17.6 Å². The molecule has 5 N–H and O–H groups in total. The summed E-state index contributed by atoms with van der Waals surface area (Å²) in [6, 6.07) is 5.48. The van der Waals surface area contributed by atoms with Crippen LogP contribution in [0.25, 0.3) is 11.0 Å². The largest absolute Gasteiger partial charge is 0.399 e. The summed E-state index contributed by atoms with van der Waals surface area (Å²) in [5.41, 5.74) is 8.10. The molecule has 0 fully saturated rings. The molecule has 0 saturated heterocycles. The topological polar surface area (TPSA) is 105 Å². The van der Waals surface area contributed by atoms with Gasteiger partial charge in [0.25, 0.3) is 0 Å². The zero-order valence-corrected chi connectivity index (χ0v) is 11.4. The van der Waals surface area contributed by atoms with Crippen molar-refractivity contribution in [1.29, 1.82) is 0 Å². The number of nitrogen functional groups attached to an aromatic ring is 1. The molecule has 2 rings (SSSR count). The van der Waals surface area contributed by atoms with Gasteiger partial charge in [0, 0.05) is 32.3 Å². The van der Waals surface area contributed by atoms with E-state index in [-0.39, 0.29) is 5.91 Å². The number of nitrogens with one attached hydrogen (secondary N) is 3. The van der Waals surface area contributed by atoms with Crippen molar-refractivity contribution in [1.82, 2.24) is 15.3 Å². The van der Waals surface area contributed by atoms with E-state index in [1.54, 1.807) is 13.2 Å². The van der Waals surface area contributed by atoms with Crippen LogP contribution in [-0.2, 0) is 9.53 Å². The molecular formula is C13H19N5O2. The normalized spacial score (nSPS) is 10.7. The Labute approximate surface area is 116 Å². The summed E-state index contributed by atoms with van der Waals surface area (Å²) in [5.74, 6) is 0.616. The van der Waals surface area contributed by atoms with Crippen molar-refractivity contribution < 1.29 is 9.53 Å². The van der Waals surface area contributed by atoms with Gasteiger partial charge in [0.1, 0.15) is 0 Å². The molecule has 0 saturated carbocycles. The van der Waals surface area contributed by atoms with Gasteiger partial charge < -0.3 is 26.1 Å². The lowest BCUT2D eigenvalue weighted by Crippen LogP contribution is -2.28. The number of hydrogen-bond donors (Lipinski definition) is 4. The maximum absolute atomic E-state index is 11.5. The molecule has 0 atom stereocenters. The fraction of sp³-hybridized carbons (Fsp3) is 0.385. The molecule has 0 aliphatic heterocycles. The quantitative estimate of drug-likeness (QED) is 0.440. The van der Waals surface area contributed by atoms with Crippen molar-refractivity contribution in [2.24, 2.45) is 0 Å². The summed E-state index contributed by atoms with van der Waals surface area (Å²) >= 11 is 0. The number of benzene rings is 1. The van der Waals surface area contributed by atoms with E-state index < -0.39 is 0 Å². The summed E-state index contributed by atoms with van der Waals surface area (Å²) in [7, 11) is 1.60. The molecule has 0 unspecified atom stereocenters. The van der Waals surface area contributed by atoms with Crippen molar-refractivity contribution in [2.45, 2.75) is 6.42 Å².